The molecule has 3 rings (SSSR count). The molecule has 2 unspecified atom stereocenters. The number of urea groups is 1. The second-order valence-electron chi connectivity index (χ2n) is 7.11. The van der Waals surface area contributed by atoms with Gasteiger partial charge in [0.25, 0.3) is 11.8 Å². The highest BCUT2D eigenvalue weighted by Gasteiger charge is 2.51. The lowest BCUT2D eigenvalue weighted by Crippen LogP contribution is -2.44. The van der Waals surface area contributed by atoms with E-state index in [1.165, 1.54) is 6.92 Å². The van der Waals surface area contributed by atoms with Crippen LogP contribution < -0.4 is 5.32 Å². The number of carbonyl (C=O) groups is 4. The fraction of sp³-hybridized carbons (Fsp3) is 0.500. The van der Waals surface area contributed by atoms with E-state index in [2.05, 4.69) is 5.32 Å². The smallest absolute Gasteiger partial charge is 0.327 e. The van der Waals surface area contributed by atoms with Crippen molar-refractivity contribution < 1.29 is 23.9 Å². The Morgan fingerprint density at radius 2 is 1.82 bits per heavy atom. The second kappa shape index (κ2) is 8.00. The minimum absolute atomic E-state index is 0.254. The van der Waals surface area contributed by atoms with Gasteiger partial charge in [0.1, 0.15) is 12.1 Å². The summed E-state index contributed by atoms with van der Waals surface area (Å²) in [5.74, 6) is -1.54. The molecule has 2 fully saturated rings. The van der Waals surface area contributed by atoms with Crippen LogP contribution in [0.25, 0.3) is 0 Å². The molecule has 4 amide bonds. The average Bonchev–Trinajstić information content (AvgIpc) is 3.31. The van der Waals surface area contributed by atoms with E-state index in [0.29, 0.717) is 25.1 Å². The van der Waals surface area contributed by atoms with Gasteiger partial charge in [0.2, 0.25) is 0 Å². The number of likely N-dealkylation sites (tertiary alicyclic amines) is 1. The molecule has 0 radical (unpaired) electrons. The third-order valence-corrected chi connectivity index (χ3v) is 5.33. The number of imide groups is 1. The lowest BCUT2D eigenvalue weighted by Gasteiger charge is -2.25. The fourth-order valence-corrected chi connectivity index (χ4v) is 3.74. The van der Waals surface area contributed by atoms with Crippen molar-refractivity contribution in [2.24, 2.45) is 0 Å². The van der Waals surface area contributed by atoms with E-state index in [-0.39, 0.29) is 5.91 Å². The third-order valence-electron chi connectivity index (χ3n) is 5.33. The zero-order valence-electron chi connectivity index (χ0n) is 16.1. The first kappa shape index (κ1) is 19.9. The Morgan fingerprint density at radius 1 is 1.18 bits per heavy atom. The maximum Gasteiger partial charge on any atom is 0.327 e. The van der Waals surface area contributed by atoms with Gasteiger partial charge in [-0.2, -0.15) is 0 Å². The number of benzene rings is 1. The highest BCUT2D eigenvalue weighted by atomic mass is 16.5. The van der Waals surface area contributed by atoms with E-state index in [1.807, 2.05) is 6.07 Å². The Hall–Kier alpha value is -2.90. The molecule has 0 aliphatic carbocycles. The number of amides is 4. The van der Waals surface area contributed by atoms with E-state index in [9.17, 15) is 19.2 Å². The number of nitrogens with zero attached hydrogens (tertiary/aromatic N) is 2. The van der Waals surface area contributed by atoms with Gasteiger partial charge in [0.15, 0.2) is 6.10 Å². The maximum absolute atomic E-state index is 13.0. The summed E-state index contributed by atoms with van der Waals surface area (Å²) in [7, 11) is 0. The molecule has 0 saturated carbocycles. The molecule has 1 aromatic rings. The summed E-state index contributed by atoms with van der Waals surface area (Å²) >= 11 is 0. The van der Waals surface area contributed by atoms with Crippen LogP contribution in [0, 0.1) is 0 Å². The van der Waals surface area contributed by atoms with E-state index in [0.717, 1.165) is 17.7 Å². The third kappa shape index (κ3) is 3.58. The zero-order chi connectivity index (χ0) is 20.3. The molecule has 2 aliphatic heterocycles. The van der Waals surface area contributed by atoms with Crippen molar-refractivity contribution in [1.29, 1.82) is 0 Å². The van der Waals surface area contributed by atoms with E-state index < -0.39 is 36.1 Å². The molecule has 150 valence electrons. The zero-order valence-corrected chi connectivity index (χ0v) is 16.1. The summed E-state index contributed by atoms with van der Waals surface area (Å²) in [4.78, 5) is 52.5. The molecule has 2 atom stereocenters. The van der Waals surface area contributed by atoms with Crippen molar-refractivity contribution in [2.45, 2.75) is 44.8 Å². The Kier molecular flexibility index (Phi) is 5.67. The quantitative estimate of drug-likeness (QED) is 0.588. The molecule has 1 aromatic carbocycles. The summed E-state index contributed by atoms with van der Waals surface area (Å²) < 4.78 is 5.19. The van der Waals surface area contributed by atoms with Gasteiger partial charge in [-0.25, -0.2) is 4.79 Å². The summed E-state index contributed by atoms with van der Waals surface area (Å²) in [6.07, 6.45) is 1.27. The maximum atomic E-state index is 13.0. The van der Waals surface area contributed by atoms with Crippen molar-refractivity contribution in [2.75, 3.05) is 19.6 Å². The first-order valence-corrected chi connectivity index (χ1v) is 9.57. The van der Waals surface area contributed by atoms with Crippen LogP contribution in [-0.4, -0.2) is 59.4 Å². The van der Waals surface area contributed by atoms with Crippen LogP contribution in [-0.2, 0) is 24.7 Å². The number of carbonyl (C=O) groups excluding carboxylic acids is 4. The van der Waals surface area contributed by atoms with Crippen molar-refractivity contribution in [3.05, 3.63) is 35.9 Å². The Bertz CT molecular complexity index is 775. The van der Waals surface area contributed by atoms with Gasteiger partial charge in [-0.1, -0.05) is 37.3 Å². The fourth-order valence-electron chi connectivity index (χ4n) is 3.74. The van der Waals surface area contributed by atoms with Gasteiger partial charge in [-0.3, -0.25) is 19.3 Å². The summed E-state index contributed by atoms with van der Waals surface area (Å²) in [6.45, 7) is 4.08. The first-order valence-electron chi connectivity index (χ1n) is 9.57. The summed E-state index contributed by atoms with van der Waals surface area (Å²) in [6, 6.07) is 8.28. The van der Waals surface area contributed by atoms with E-state index in [1.54, 1.807) is 36.1 Å². The van der Waals surface area contributed by atoms with Crippen molar-refractivity contribution in [1.82, 2.24) is 15.1 Å². The minimum Gasteiger partial charge on any atom is -0.451 e. The Balaban J connectivity index is 1.67. The number of hydrogen-bond acceptors (Lipinski definition) is 5. The van der Waals surface area contributed by atoms with Crippen LogP contribution in [0.5, 0.6) is 0 Å². The number of nitrogens with one attached hydrogen (secondary N) is 1. The molecule has 2 aliphatic rings. The molecule has 8 heteroatoms. The van der Waals surface area contributed by atoms with Gasteiger partial charge in [-0.05, 0) is 31.7 Å². The van der Waals surface area contributed by atoms with Crippen LogP contribution >= 0.6 is 0 Å². The van der Waals surface area contributed by atoms with Gasteiger partial charge in [0, 0.05) is 13.1 Å². The number of rotatable bonds is 6. The lowest BCUT2D eigenvalue weighted by molar-refractivity contribution is -0.160. The molecule has 2 heterocycles. The van der Waals surface area contributed by atoms with Crippen LogP contribution in [0.3, 0.4) is 0 Å². The summed E-state index contributed by atoms with van der Waals surface area (Å²) in [5.41, 5.74) is -0.542. The highest BCUT2D eigenvalue weighted by molar-refractivity contribution is 6.09. The number of hydrogen-bond donors (Lipinski definition) is 1. The van der Waals surface area contributed by atoms with Gasteiger partial charge in [-0.15, -0.1) is 0 Å². The molecule has 0 spiro atoms. The monoisotopic (exact) mass is 387 g/mol. The number of ether oxygens (including phenoxy) is 1. The second-order valence-corrected chi connectivity index (χ2v) is 7.11. The molecule has 8 nitrogen and oxygen atoms in total. The highest BCUT2D eigenvalue weighted by Crippen LogP contribution is 2.32. The standard InChI is InChI=1S/C20H25N3O5/c1-3-20(15-9-5-4-6-10-15)18(26)23(19(27)21-20)13-16(24)28-14(2)17(25)22-11-7-8-12-22/h4-6,9-10,14H,3,7-8,11-13H2,1-2H3,(H,21,27). The van der Waals surface area contributed by atoms with Crippen LogP contribution in [0.4, 0.5) is 4.79 Å². The molecule has 28 heavy (non-hydrogen) atoms. The first-order chi connectivity index (χ1) is 13.4. The van der Waals surface area contributed by atoms with Crippen molar-refractivity contribution >= 4 is 23.8 Å². The van der Waals surface area contributed by atoms with Crippen molar-refractivity contribution in [3.8, 4) is 0 Å². The van der Waals surface area contributed by atoms with Crippen molar-refractivity contribution in [3.63, 3.8) is 0 Å². The van der Waals surface area contributed by atoms with Crippen LogP contribution in [0.1, 0.15) is 38.7 Å². The molecule has 0 aromatic heterocycles. The topological polar surface area (TPSA) is 96.0 Å². The lowest BCUT2D eigenvalue weighted by atomic mass is 9.87. The minimum atomic E-state index is -1.20. The van der Waals surface area contributed by atoms with Gasteiger partial charge in [0.05, 0.1) is 0 Å². The predicted molar refractivity (Wildman–Crippen MR) is 100 cm³/mol. The van der Waals surface area contributed by atoms with E-state index in [4.69, 9.17) is 4.74 Å². The average molecular weight is 387 g/mol. The van der Waals surface area contributed by atoms with Crippen LogP contribution in [0.2, 0.25) is 0 Å². The molecule has 1 N–H and O–H groups in total. The summed E-state index contributed by atoms with van der Waals surface area (Å²) in [5, 5.41) is 2.71. The predicted octanol–water partition coefficient (Wildman–Crippen LogP) is 1.40. The molecule has 0 bridgehead atoms. The molecular weight excluding hydrogens is 362 g/mol. The van der Waals surface area contributed by atoms with Gasteiger partial charge < -0.3 is 15.0 Å². The number of esters is 1. The van der Waals surface area contributed by atoms with Crippen LogP contribution in [0.15, 0.2) is 30.3 Å². The molecule has 2 saturated heterocycles. The van der Waals surface area contributed by atoms with Gasteiger partial charge >= 0.3 is 12.0 Å². The largest absolute Gasteiger partial charge is 0.451 e. The Labute approximate surface area is 163 Å². The normalized spacial score (nSPS) is 22.9. The van der Waals surface area contributed by atoms with E-state index >= 15 is 0 Å². The Morgan fingerprint density at radius 3 is 2.43 bits per heavy atom. The molecular formula is C20H25N3O5. The SMILES string of the molecule is CCC1(c2ccccc2)NC(=O)N(CC(=O)OC(C)C(=O)N2CCCC2)C1=O.